The van der Waals surface area contributed by atoms with Crippen molar-refractivity contribution >= 4 is 13.7 Å². The highest BCUT2D eigenvalue weighted by Crippen LogP contribution is 2.43. The molecular weight excluding hydrogens is 699 g/mol. The first-order valence-corrected chi connectivity index (χ1v) is 23.7. The maximum Gasteiger partial charge on any atom is 0.472 e. The number of amides is 1. The Morgan fingerprint density at radius 3 is 1.57 bits per heavy atom. The van der Waals surface area contributed by atoms with Gasteiger partial charge in [0.1, 0.15) is 0 Å². The second kappa shape index (κ2) is 39.9. The van der Waals surface area contributed by atoms with E-state index in [-0.39, 0.29) is 19.6 Å². The predicted molar refractivity (Wildman–Crippen MR) is 227 cm³/mol. The van der Waals surface area contributed by atoms with Crippen LogP contribution in [0.3, 0.4) is 0 Å². The number of unbranched alkanes of at least 4 members (excludes halogenated alkanes) is 24. The van der Waals surface area contributed by atoms with E-state index >= 15 is 0 Å². The molecule has 0 saturated carbocycles. The van der Waals surface area contributed by atoms with Crippen molar-refractivity contribution < 1.29 is 33.5 Å². The molecule has 0 aliphatic rings. The molecule has 0 aliphatic heterocycles. The molecule has 6 N–H and O–H groups in total. The molecule has 0 bridgehead atoms. The summed E-state index contributed by atoms with van der Waals surface area (Å²) in [5.74, 6) is -0.458. The lowest BCUT2D eigenvalue weighted by molar-refractivity contribution is -0.124. The van der Waals surface area contributed by atoms with Gasteiger partial charge in [-0.25, -0.2) is 4.57 Å². The Balaban J connectivity index is 4.33. The SMILES string of the molecule is CCCCC/C=C\C=C/CCCCCCC(O)CC(=O)NC(COP(=O)(O)OCCN)C(O)/C=C/CCCCCCCCCCCCCCCCCCC. The second-order valence-corrected chi connectivity index (χ2v) is 16.6. The van der Waals surface area contributed by atoms with Gasteiger partial charge in [0.15, 0.2) is 0 Å². The molecule has 0 fully saturated rings. The van der Waals surface area contributed by atoms with Crippen molar-refractivity contribution in [3.63, 3.8) is 0 Å². The summed E-state index contributed by atoms with van der Waals surface area (Å²) in [6.45, 7) is 3.93. The first kappa shape index (κ1) is 52.7. The average Bonchev–Trinajstić information content (AvgIpc) is 3.15. The van der Waals surface area contributed by atoms with Crippen LogP contribution >= 0.6 is 7.82 Å². The summed E-state index contributed by atoms with van der Waals surface area (Å²) in [4.78, 5) is 22.7. The first-order valence-electron chi connectivity index (χ1n) is 22.2. The van der Waals surface area contributed by atoms with E-state index in [1.807, 2.05) is 6.08 Å². The standard InChI is InChI=1S/C44H85N2O7P/c1-3-5-7-9-11-13-15-17-18-19-20-21-22-24-26-28-30-32-34-36-43(48)42(40-53-54(50,51)52-38-37-45)46-44(49)39-41(47)35-33-31-29-27-25-23-16-14-12-10-8-6-4-2/h12,14,16,23,34,36,41-43,47-48H,3-11,13,15,17-22,24-33,35,37-40,45H2,1-2H3,(H,46,49)(H,50,51)/b14-12-,23-16-,36-34+. The van der Waals surface area contributed by atoms with Crippen LogP contribution in [0.4, 0.5) is 0 Å². The number of carbonyl (C=O) groups is 1. The van der Waals surface area contributed by atoms with Crippen molar-refractivity contribution in [2.45, 2.75) is 218 Å². The summed E-state index contributed by atoms with van der Waals surface area (Å²) in [6, 6.07) is -0.988. The van der Waals surface area contributed by atoms with E-state index in [1.165, 1.54) is 116 Å². The summed E-state index contributed by atoms with van der Waals surface area (Å²) < 4.78 is 22.1. The molecular formula is C44H85N2O7P. The first-order chi connectivity index (χ1) is 26.3. The fraction of sp³-hybridized carbons (Fsp3) is 0.841. The lowest BCUT2D eigenvalue weighted by Crippen LogP contribution is -2.46. The number of nitrogens with one attached hydrogen (secondary N) is 1. The molecule has 1 amide bonds. The highest BCUT2D eigenvalue weighted by molar-refractivity contribution is 7.47. The van der Waals surface area contributed by atoms with Crippen LogP contribution in [0.2, 0.25) is 0 Å². The number of phosphoric acid groups is 1. The number of allylic oxidation sites excluding steroid dienone is 5. The van der Waals surface area contributed by atoms with Gasteiger partial charge in [-0.05, 0) is 44.9 Å². The highest BCUT2D eigenvalue weighted by atomic mass is 31.2. The van der Waals surface area contributed by atoms with Crippen molar-refractivity contribution in [2.75, 3.05) is 19.8 Å². The monoisotopic (exact) mass is 785 g/mol. The zero-order chi connectivity index (χ0) is 39.8. The Kier molecular flexibility index (Phi) is 38.9. The molecule has 0 aromatic heterocycles. The number of hydrogen-bond acceptors (Lipinski definition) is 7. The minimum Gasteiger partial charge on any atom is -0.393 e. The Labute approximate surface area is 332 Å². The molecule has 0 aromatic rings. The van der Waals surface area contributed by atoms with E-state index in [2.05, 4.69) is 43.5 Å². The molecule has 4 unspecified atom stereocenters. The molecule has 9 nitrogen and oxygen atoms in total. The van der Waals surface area contributed by atoms with Crippen molar-refractivity contribution in [1.82, 2.24) is 5.32 Å². The number of aliphatic hydroxyl groups excluding tert-OH is 2. The Bertz CT molecular complexity index is 961. The van der Waals surface area contributed by atoms with Gasteiger partial charge in [0, 0.05) is 6.54 Å². The number of nitrogens with two attached hydrogens (primary N) is 1. The zero-order valence-electron chi connectivity index (χ0n) is 34.8. The fourth-order valence-electron chi connectivity index (χ4n) is 6.40. The van der Waals surface area contributed by atoms with Crippen LogP contribution in [0.15, 0.2) is 36.5 Å². The summed E-state index contributed by atoms with van der Waals surface area (Å²) in [5.41, 5.74) is 5.36. The number of aliphatic hydroxyl groups is 2. The van der Waals surface area contributed by atoms with E-state index < -0.39 is 38.6 Å². The Morgan fingerprint density at radius 1 is 0.648 bits per heavy atom. The molecule has 318 valence electrons. The number of phosphoric ester groups is 1. The van der Waals surface area contributed by atoms with Gasteiger partial charge in [0.05, 0.1) is 37.9 Å². The second-order valence-electron chi connectivity index (χ2n) is 15.1. The largest absolute Gasteiger partial charge is 0.472 e. The molecule has 4 atom stereocenters. The van der Waals surface area contributed by atoms with Crippen LogP contribution in [0.5, 0.6) is 0 Å². The summed E-state index contributed by atoms with van der Waals surface area (Å²) in [6.07, 6.45) is 43.7. The van der Waals surface area contributed by atoms with Crippen LogP contribution in [-0.2, 0) is 18.4 Å². The van der Waals surface area contributed by atoms with Gasteiger partial charge in [-0.15, -0.1) is 0 Å². The van der Waals surface area contributed by atoms with Crippen LogP contribution in [0.1, 0.15) is 200 Å². The average molecular weight is 785 g/mol. The zero-order valence-corrected chi connectivity index (χ0v) is 35.7. The van der Waals surface area contributed by atoms with Crippen LogP contribution in [0.25, 0.3) is 0 Å². The van der Waals surface area contributed by atoms with Gasteiger partial charge >= 0.3 is 7.82 Å². The molecule has 54 heavy (non-hydrogen) atoms. The van der Waals surface area contributed by atoms with Crippen molar-refractivity contribution in [1.29, 1.82) is 0 Å². The third-order valence-electron chi connectivity index (χ3n) is 9.79. The minimum absolute atomic E-state index is 0.0463. The summed E-state index contributed by atoms with van der Waals surface area (Å²) in [7, 11) is -4.40. The Hall–Kier alpha value is -1.32. The smallest absolute Gasteiger partial charge is 0.393 e. The van der Waals surface area contributed by atoms with Crippen LogP contribution in [-0.4, -0.2) is 59.0 Å². The molecule has 0 spiro atoms. The Morgan fingerprint density at radius 2 is 1.07 bits per heavy atom. The van der Waals surface area contributed by atoms with E-state index in [1.54, 1.807) is 6.08 Å². The van der Waals surface area contributed by atoms with Crippen LogP contribution in [0, 0.1) is 0 Å². The van der Waals surface area contributed by atoms with Gasteiger partial charge in [-0.1, -0.05) is 185 Å². The molecule has 0 aliphatic carbocycles. The third-order valence-corrected chi connectivity index (χ3v) is 10.8. The molecule has 10 heteroatoms. The number of rotatable bonds is 41. The maximum atomic E-state index is 12.8. The van der Waals surface area contributed by atoms with Crippen molar-refractivity contribution in [3.8, 4) is 0 Å². The quantitative estimate of drug-likeness (QED) is 0.0178. The summed E-state index contributed by atoms with van der Waals surface area (Å²) >= 11 is 0. The minimum atomic E-state index is -4.40. The van der Waals surface area contributed by atoms with E-state index in [0.29, 0.717) is 6.42 Å². The highest BCUT2D eigenvalue weighted by Gasteiger charge is 2.27. The normalized spacial score (nSPS) is 15.0. The van der Waals surface area contributed by atoms with E-state index in [9.17, 15) is 24.5 Å². The molecule has 0 aromatic carbocycles. The van der Waals surface area contributed by atoms with Crippen molar-refractivity contribution in [2.24, 2.45) is 5.73 Å². The summed E-state index contributed by atoms with van der Waals surface area (Å²) in [5, 5.41) is 24.0. The molecule has 0 rings (SSSR count). The fourth-order valence-corrected chi connectivity index (χ4v) is 7.16. The molecule has 0 heterocycles. The maximum absolute atomic E-state index is 12.8. The van der Waals surface area contributed by atoms with Gasteiger partial charge in [0.25, 0.3) is 0 Å². The molecule has 0 radical (unpaired) electrons. The van der Waals surface area contributed by atoms with Gasteiger partial charge in [-0.2, -0.15) is 0 Å². The molecule has 0 saturated heterocycles. The van der Waals surface area contributed by atoms with E-state index in [0.717, 1.165) is 57.8 Å². The van der Waals surface area contributed by atoms with Crippen LogP contribution < -0.4 is 11.1 Å². The number of carbonyl (C=O) groups excluding carboxylic acids is 1. The predicted octanol–water partition coefficient (Wildman–Crippen LogP) is 11.3. The lowest BCUT2D eigenvalue weighted by Gasteiger charge is -2.24. The van der Waals surface area contributed by atoms with Gasteiger partial charge < -0.3 is 26.2 Å². The van der Waals surface area contributed by atoms with Crippen molar-refractivity contribution in [3.05, 3.63) is 36.5 Å². The van der Waals surface area contributed by atoms with Gasteiger partial charge in [-0.3, -0.25) is 13.8 Å². The van der Waals surface area contributed by atoms with Gasteiger partial charge in [0.2, 0.25) is 5.91 Å². The van der Waals surface area contributed by atoms with E-state index in [4.69, 9.17) is 14.8 Å². The topological polar surface area (TPSA) is 151 Å². The third kappa shape index (κ3) is 37.6. The number of hydrogen-bond donors (Lipinski definition) is 5. The lowest BCUT2D eigenvalue weighted by atomic mass is 10.0.